The van der Waals surface area contributed by atoms with E-state index in [4.69, 9.17) is 4.74 Å². The number of amides is 2. The molecule has 2 fully saturated rings. The van der Waals surface area contributed by atoms with Crippen LogP contribution in [0.15, 0.2) is 49.1 Å². The van der Waals surface area contributed by atoms with Crippen molar-refractivity contribution in [2.45, 2.75) is 24.7 Å². The second kappa shape index (κ2) is 7.73. The molecule has 0 bridgehead atoms. The molecular weight excluding hydrogens is 439 g/mol. The Hall–Kier alpha value is -3.67. The van der Waals surface area contributed by atoms with Crippen LogP contribution in [0.4, 0.5) is 29.7 Å². The van der Waals surface area contributed by atoms with Crippen molar-refractivity contribution in [3.63, 3.8) is 0 Å². The molecule has 12 heteroatoms. The average molecular weight is 459 g/mol. The molecule has 1 aromatic carbocycles. The molecule has 2 N–H and O–H groups in total. The van der Waals surface area contributed by atoms with Crippen LogP contribution in [-0.2, 0) is 10.9 Å². The highest BCUT2D eigenvalue weighted by Crippen LogP contribution is 2.30. The van der Waals surface area contributed by atoms with Crippen LogP contribution in [-0.4, -0.2) is 50.8 Å². The summed E-state index contributed by atoms with van der Waals surface area (Å²) in [5.41, 5.74) is 0.143. The number of hydrogen-bond donors (Lipinski definition) is 2. The standard InChI is InChI=1S/C21H20F3N7O2/c1-13(16-8-30(12-26-16)15-4-2-14(3-5-15)21(22,23)24)27-18-25-7-6-17(28-18)31-9-20(10-33-11-20)29-19(31)32/h2-8,12-13H,9-11H2,1H3,(H,29,32)(H,25,27,28). The summed E-state index contributed by atoms with van der Waals surface area (Å²) in [6.07, 6.45) is 0.432. The molecule has 5 rings (SSSR count). The molecule has 33 heavy (non-hydrogen) atoms. The van der Waals surface area contributed by atoms with Crippen molar-refractivity contribution in [3.8, 4) is 5.69 Å². The second-order valence-electron chi connectivity index (χ2n) is 8.14. The predicted molar refractivity (Wildman–Crippen MR) is 112 cm³/mol. The van der Waals surface area contributed by atoms with E-state index in [-0.39, 0.29) is 17.6 Å². The minimum atomic E-state index is -4.38. The van der Waals surface area contributed by atoms with Crippen LogP contribution < -0.4 is 15.5 Å². The third kappa shape index (κ3) is 4.09. The van der Waals surface area contributed by atoms with Crippen molar-refractivity contribution < 1.29 is 22.7 Å². The molecule has 1 atom stereocenters. The summed E-state index contributed by atoms with van der Waals surface area (Å²) in [7, 11) is 0. The zero-order valence-corrected chi connectivity index (χ0v) is 17.5. The number of alkyl halides is 3. The van der Waals surface area contributed by atoms with Crippen molar-refractivity contribution in [1.82, 2.24) is 24.8 Å². The van der Waals surface area contributed by atoms with Crippen molar-refractivity contribution in [2.75, 3.05) is 30.0 Å². The van der Waals surface area contributed by atoms with E-state index in [0.717, 1.165) is 12.1 Å². The number of ether oxygens (including phenoxy) is 1. The van der Waals surface area contributed by atoms with E-state index in [2.05, 4.69) is 25.6 Å². The summed E-state index contributed by atoms with van der Waals surface area (Å²) in [6.45, 7) is 3.28. The van der Waals surface area contributed by atoms with Crippen LogP contribution in [0.2, 0.25) is 0 Å². The monoisotopic (exact) mass is 459 g/mol. The molecule has 1 spiro atoms. The van der Waals surface area contributed by atoms with Crippen LogP contribution in [0.1, 0.15) is 24.2 Å². The van der Waals surface area contributed by atoms with Gasteiger partial charge in [0.25, 0.3) is 0 Å². The Bertz CT molecular complexity index is 1180. The van der Waals surface area contributed by atoms with Crippen LogP contribution in [0.25, 0.3) is 5.69 Å². The second-order valence-corrected chi connectivity index (χ2v) is 8.14. The van der Waals surface area contributed by atoms with Gasteiger partial charge in [-0.2, -0.15) is 18.2 Å². The van der Waals surface area contributed by atoms with Crippen molar-refractivity contribution >= 4 is 17.8 Å². The fourth-order valence-corrected chi connectivity index (χ4v) is 3.77. The molecule has 2 aliphatic heterocycles. The number of imidazole rings is 1. The molecule has 9 nitrogen and oxygen atoms in total. The number of rotatable bonds is 5. The minimum Gasteiger partial charge on any atom is -0.376 e. The summed E-state index contributed by atoms with van der Waals surface area (Å²) in [4.78, 5) is 26.9. The van der Waals surface area contributed by atoms with Crippen molar-refractivity contribution in [2.24, 2.45) is 0 Å². The van der Waals surface area contributed by atoms with E-state index in [9.17, 15) is 18.0 Å². The Morgan fingerprint density at radius 3 is 2.58 bits per heavy atom. The maximum Gasteiger partial charge on any atom is 0.416 e. The number of urea groups is 1. The van der Waals surface area contributed by atoms with Crippen LogP contribution >= 0.6 is 0 Å². The first-order valence-electron chi connectivity index (χ1n) is 10.2. The smallest absolute Gasteiger partial charge is 0.376 e. The van der Waals surface area contributed by atoms with E-state index >= 15 is 0 Å². The van der Waals surface area contributed by atoms with Gasteiger partial charge in [-0.3, -0.25) is 4.90 Å². The lowest BCUT2D eigenvalue weighted by molar-refractivity contribution is -0.137. The number of carbonyl (C=O) groups is 1. The van der Waals surface area contributed by atoms with E-state index < -0.39 is 11.7 Å². The van der Waals surface area contributed by atoms with Crippen molar-refractivity contribution in [1.29, 1.82) is 0 Å². The zero-order valence-electron chi connectivity index (χ0n) is 17.5. The lowest BCUT2D eigenvalue weighted by Crippen LogP contribution is -2.59. The zero-order chi connectivity index (χ0) is 23.2. The molecule has 2 aliphatic rings. The summed E-state index contributed by atoms with van der Waals surface area (Å²) in [6, 6.07) is 5.98. The van der Waals surface area contributed by atoms with Gasteiger partial charge in [-0.05, 0) is 37.3 Å². The predicted octanol–water partition coefficient (Wildman–Crippen LogP) is 3.15. The normalized spacial score (nSPS) is 18.2. The highest BCUT2D eigenvalue weighted by Gasteiger charge is 2.49. The summed E-state index contributed by atoms with van der Waals surface area (Å²) >= 11 is 0. The maximum absolute atomic E-state index is 12.8. The Kier molecular flexibility index (Phi) is 4.96. The van der Waals surface area contributed by atoms with Crippen LogP contribution in [0, 0.1) is 0 Å². The average Bonchev–Trinajstić information content (AvgIpc) is 3.39. The quantitative estimate of drug-likeness (QED) is 0.609. The van der Waals surface area contributed by atoms with E-state index in [1.54, 1.807) is 27.9 Å². The van der Waals surface area contributed by atoms with Gasteiger partial charge in [-0.25, -0.2) is 14.8 Å². The van der Waals surface area contributed by atoms with Gasteiger partial charge in [0, 0.05) is 18.1 Å². The molecule has 2 saturated heterocycles. The van der Waals surface area contributed by atoms with Gasteiger partial charge in [-0.1, -0.05) is 0 Å². The first-order valence-corrected chi connectivity index (χ1v) is 10.2. The van der Waals surface area contributed by atoms with Gasteiger partial charge in [0.15, 0.2) is 0 Å². The number of carbonyl (C=O) groups excluding carboxylic acids is 1. The first kappa shape index (κ1) is 21.2. The lowest BCUT2D eigenvalue weighted by Gasteiger charge is -2.36. The Labute approximate surface area is 186 Å². The molecule has 2 amide bonds. The number of anilines is 2. The van der Waals surface area contributed by atoms with Crippen LogP contribution in [0.5, 0.6) is 0 Å². The fraction of sp³-hybridized carbons (Fsp3) is 0.333. The summed E-state index contributed by atoms with van der Waals surface area (Å²) in [5.74, 6) is 0.791. The minimum absolute atomic E-state index is 0.230. The first-order chi connectivity index (χ1) is 15.7. The number of aromatic nitrogens is 4. The number of nitrogens with one attached hydrogen (secondary N) is 2. The van der Waals surface area contributed by atoms with E-state index in [1.165, 1.54) is 18.5 Å². The number of hydrogen-bond acceptors (Lipinski definition) is 6. The Balaban J connectivity index is 1.28. The molecule has 172 valence electrons. The van der Waals surface area contributed by atoms with Gasteiger partial charge in [0.05, 0.1) is 43.4 Å². The molecule has 4 heterocycles. The van der Waals surface area contributed by atoms with Crippen molar-refractivity contribution in [3.05, 3.63) is 60.3 Å². The van der Waals surface area contributed by atoms with Gasteiger partial charge >= 0.3 is 12.2 Å². The number of halogens is 3. The molecule has 0 aliphatic carbocycles. The molecule has 2 aromatic heterocycles. The fourth-order valence-electron chi connectivity index (χ4n) is 3.77. The third-order valence-electron chi connectivity index (χ3n) is 5.64. The summed E-state index contributed by atoms with van der Waals surface area (Å²) in [5, 5.41) is 6.09. The van der Waals surface area contributed by atoms with Gasteiger partial charge in [0.2, 0.25) is 5.95 Å². The Morgan fingerprint density at radius 2 is 1.94 bits per heavy atom. The third-order valence-corrected chi connectivity index (χ3v) is 5.64. The molecule has 0 saturated carbocycles. The number of nitrogens with zero attached hydrogens (tertiary/aromatic N) is 5. The molecular formula is C21H20F3N7O2. The van der Waals surface area contributed by atoms with E-state index in [0.29, 0.717) is 42.9 Å². The highest BCUT2D eigenvalue weighted by molar-refractivity contribution is 5.94. The van der Waals surface area contributed by atoms with Gasteiger partial charge in [-0.15, -0.1) is 0 Å². The largest absolute Gasteiger partial charge is 0.416 e. The maximum atomic E-state index is 12.8. The molecule has 3 aromatic rings. The van der Waals surface area contributed by atoms with E-state index in [1.807, 2.05) is 6.92 Å². The molecule has 1 unspecified atom stereocenters. The van der Waals surface area contributed by atoms with Crippen LogP contribution in [0.3, 0.4) is 0 Å². The number of benzene rings is 1. The Morgan fingerprint density at radius 1 is 1.18 bits per heavy atom. The molecule has 0 radical (unpaired) electrons. The highest BCUT2D eigenvalue weighted by atomic mass is 19.4. The topological polar surface area (TPSA) is 97.2 Å². The SMILES string of the molecule is CC(Nc1nccc(N2CC3(COC3)NC2=O)n1)c1cn(-c2ccc(C(F)(F)F)cc2)cn1. The lowest BCUT2D eigenvalue weighted by atomic mass is 9.99. The summed E-state index contributed by atoms with van der Waals surface area (Å²) < 4.78 is 45.2. The van der Waals surface area contributed by atoms with Gasteiger partial charge < -0.3 is 19.9 Å². The van der Waals surface area contributed by atoms with Gasteiger partial charge in [0.1, 0.15) is 11.4 Å².